The summed E-state index contributed by atoms with van der Waals surface area (Å²) in [5.74, 6) is 2.86. The normalized spacial score (nSPS) is 13.0. The molecule has 128 valence electrons. The third-order valence-electron chi connectivity index (χ3n) is 4.12. The van der Waals surface area contributed by atoms with Gasteiger partial charge in [-0.15, -0.1) is 11.3 Å². The molecule has 0 spiro atoms. The second-order valence-corrected chi connectivity index (χ2v) is 8.07. The number of aromatic nitrogens is 4. The molecule has 1 aliphatic rings. The Morgan fingerprint density at radius 2 is 2.04 bits per heavy atom. The highest BCUT2D eigenvalue weighted by atomic mass is 32.2. The minimum atomic E-state index is 0.794. The zero-order valence-electron chi connectivity index (χ0n) is 13.8. The van der Waals surface area contributed by atoms with Crippen LogP contribution in [0.4, 0.5) is 5.82 Å². The van der Waals surface area contributed by atoms with Crippen LogP contribution in [0, 0.1) is 0 Å². The van der Waals surface area contributed by atoms with Crippen LogP contribution in [-0.2, 0) is 12.8 Å². The fraction of sp³-hybridized carbons (Fsp3) is 0.333. The predicted octanol–water partition coefficient (Wildman–Crippen LogP) is 4.08. The maximum Gasteiger partial charge on any atom is 0.161 e. The first-order valence-electron chi connectivity index (χ1n) is 8.46. The van der Waals surface area contributed by atoms with E-state index in [1.807, 2.05) is 35.5 Å². The number of aryl methyl sites for hydroxylation is 1. The Morgan fingerprint density at radius 3 is 2.88 bits per heavy atom. The molecule has 3 aromatic rings. The number of pyridine rings is 1. The van der Waals surface area contributed by atoms with Crippen LogP contribution in [0.2, 0.25) is 0 Å². The molecule has 3 aromatic heterocycles. The van der Waals surface area contributed by atoms with E-state index in [1.54, 1.807) is 23.7 Å². The van der Waals surface area contributed by atoms with E-state index in [4.69, 9.17) is 9.97 Å². The standard InChI is InChI=1S/C18H19N5S2/c1-3-14-15(4-1)22-16(13-5-8-19-9-6-13)23-17(14)20-7-2-11-24-18-21-10-12-25-18/h5-6,8-10,12H,1-4,7,11H2,(H,20,22,23). The molecular weight excluding hydrogens is 350 g/mol. The molecule has 0 aliphatic heterocycles. The Kier molecular flexibility index (Phi) is 5.22. The topological polar surface area (TPSA) is 63.6 Å². The summed E-state index contributed by atoms with van der Waals surface area (Å²) in [5.41, 5.74) is 3.51. The van der Waals surface area contributed by atoms with Gasteiger partial charge in [0.25, 0.3) is 0 Å². The SMILES string of the molecule is c1cc(-c2nc3c(c(NCCCSc4nccs4)n2)CCC3)ccn1. The van der Waals surface area contributed by atoms with Crippen molar-refractivity contribution in [3.8, 4) is 11.4 Å². The van der Waals surface area contributed by atoms with Gasteiger partial charge in [0, 0.05) is 53.1 Å². The van der Waals surface area contributed by atoms with Crippen molar-refractivity contribution < 1.29 is 0 Å². The molecule has 5 nitrogen and oxygen atoms in total. The molecule has 0 radical (unpaired) electrons. The highest BCUT2D eigenvalue weighted by molar-refractivity contribution is 8.00. The summed E-state index contributed by atoms with van der Waals surface area (Å²) < 4.78 is 1.14. The summed E-state index contributed by atoms with van der Waals surface area (Å²) in [6.45, 7) is 0.914. The molecule has 0 bridgehead atoms. The number of thiazole rings is 1. The van der Waals surface area contributed by atoms with Gasteiger partial charge in [0.1, 0.15) is 10.2 Å². The van der Waals surface area contributed by atoms with Gasteiger partial charge in [0.05, 0.1) is 0 Å². The summed E-state index contributed by atoms with van der Waals surface area (Å²) >= 11 is 3.51. The first kappa shape index (κ1) is 16.5. The molecule has 0 aromatic carbocycles. The van der Waals surface area contributed by atoms with Gasteiger partial charge in [-0.3, -0.25) is 4.98 Å². The smallest absolute Gasteiger partial charge is 0.161 e. The number of fused-ring (bicyclic) bond motifs is 1. The Morgan fingerprint density at radius 1 is 1.12 bits per heavy atom. The number of thioether (sulfide) groups is 1. The van der Waals surface area contributed by atoms with Crippen molar-refractivity contribution in [3.05, 3.63) is 47.4 Å². The van der Waals surface area contributed by atoms with Crippen LogP contribution < -0.4 is 5.32 Å². The first-order chi connectivity index (χ1) is 12.4. The molecule has 4 rings (SSSR count). The van der Waals surface area contributed by atoms with Gasteiger partial charge < -0.3 is 5.32 Å². The molecule has 0 saturated heterocycles. The van der Waals surface area contributed by atoms with Crippen LogP contribution in [-0.4, -0.2) is 32.2 Å². The summed E-state index contributed by atoms with van der Waals surface area (Å²) in [5, 5.41) is 5.56. The second kappa shape index (κ2) is 7.93. The lowest BCUT2D eigenvalue weighted by Gasteiger charge is -2.12. The molecule has 7 heteroatoms. The highest BCUT2D eigenvalue weighted by Crippen LogP contribution is 2.29. The molecule has 0 saturated carbocycles. The van der Waals surface area contributed by atoms with Crippen LogP contribution in [0.15, 0.2) is 40.4 Å². The maximum absolute atomic E-state index is 4.80. The van der Waals surface area contributed by atoms with E-state index < -0.39 is 0 Å². The van der Waals surface area contributed by atoms with E-state index in [0.29, 0.717) is 0 Å². The van der Waals surface area contributed by atoms with Crippen LogP contribution >= 0.6 is 23.1 Å². The quantitative estimate of drug-likeness (QED) is 0.500. The number of anilines is 1. The van der Waals surface area contributed by atoms with Gasteiger partial charge in [-0.25, -0.2) is 15.0 Å². The zero-order valence-corrected chi connectivity index (χ0v) is 15.4. The summed E-state index contributed by atoms with van der Waals surface area (Å²) in [4.78, 5) is 17.9. The molecule has 0 fully saturated rings. The van der Waals surface area contributed by atoms with Crippen molar-refractivity contribution in [1.29, 1.82) is 0 Å². The van der Waals surface area contributed by atoms with Crippen molar-refractivity contribution in [1.82, 2.24) is 19.9 Å². The first-order valence-corrected chi connectivity index (χ1v) is 10.3. The molecule has 0 atom stereocenters. The maximum atomic E-state index is 4.80. The molecule has 0 unspecified atom stereocenters. The van der Waals surface area contributed by atoms with Crippen molar-refractivity contribution in [2.75, 3.05) is 17.6 Å². The van der Waals surface area contributed by atoms with Gasteiger partial charge in [-0.2, -0.15) is 0 Å². The Labute approximate surface area is 155 Å². The average Bonchev–Trinajstić information content (AvgIpc) is 3.33. The average molecular weight is 370 g/mol. The summed E-state index contributed by atoms with van der Waals surface area (Å²) in [7, 11) is 0. The number of hydrogen-bond donors (Lipinski definition) is 1. The van der Waals surface area contributed by atoms with Crippen LogP contribution in [0.1, 0.15) is 24.1 Å². The van der Waals surface area contributed by atoms with Crippen molar-refractivity contribution in [2.45, 2.75) is 30.0 Å². The zero-order chi connectivity index (χ0) is 16.9. The number of nitrogens with one attached hydrogen (secondary N) is 1. The lowest BCUT2D eigenvalue weighted by molar-refractivity contribution is 0.899. The lowest BCUT2D eigenvalue weighted by atomic mass is 10.2. The molecule has 1 aliphatic carbocycles. The van der Waals surface area contributed by atoms with E-state index >= 15 is 0 Å². The Bertz CT molecular complexity index is 821. The van der Waals surface area contributed by atoms with Gasteiger partial charge in [-0.1, -0.05) is 11.8 Å². The lowest BCUT2D eigenvalue weighted by Crippen LogP contribution is -2.09. The molecule has 0 amide bonds. The van der Waals surface area contributed by atoms with E-state index in [1.165, 1.54) is 17.7 Å². The fourth-order valence-corrected chi connectivity index (χ4v) is 4.58. The van der Waals surface area contributed by atoms with Crippen molar-refractivity contribution in [2.24, 2.45) is 0 Å². The largest absolute Gasteiger partial charge is 0.370 e. The third-order valence-corrected chi connectivity index (χ3v) is 6.17. The van der Waals surface area contributed by atoms with Gasteiger partial charge in [0.15, 0.2) is 5.82 Å². The second-order valence-electron chi connectivity index (χ2n) is 5.84. The van der Waals surface area contributed by atoms with E-state index in [0.717, 1.165) is 53.1 Å². The summed E-state index contributed by atoms with van der Waals surface area (Å²) in [6, 6.07) is 3.93. The van der Waals surface area contributed by atoms with Crippen molar-refractivity contribution >= 4 is 28.9 Å². The predicted molar refractivity (Wildman–Crippen MR) is 103 cm³/mol. The molecule has 25 heavy (non-hydrogen) atoms. The Hall–Kier alpha value is -1.99. The number of hydrogen-bond acceptors (Lipinski definition) is 7. The van der Waals surface area contributed by atoms with Gasteiger partial charge in [-0.05, 0) is 37.8 Å². The molecule has 3 heterocycles. The molecule has 1 N–H and O–H groups in total. The fourth-order valence-electron chi connectivity index (χ4n) is 2.93. The van der Waals surface area contributed by atoms with E-state index in [2.05, 4.69) is 15.3 Å². The van der Waals surface area contributed by atoms with Gasteiger partial charge >= 0.3 is 0 Å². The number of rotatable bonds is 7. The molecular formula is C18H19N5S2. The minimum absolute atomic E-state index is 0.794. The van der Waals surface area contributed by atoms with Crippen LogP contribution in [0.25, 0.3) is 11.4 Å². The van der Waals surface area contributed by atoms with Gasteiger partial charge in [0.2, 0.25) is 0 Å². The van der Waals surface area contributed by atoms with E-state index in [9.17, 15) is 0 Å². The Balaban J connectivity index is 1.42. The van der Waals surface area contributed by atoms with Crippen LogP contribution in [0.5, 0.6) is 0 Å². The van der Waals surface area contributed by atoms with E-state index in [-0.39, 0.29) is 0 Å². The number of nitrogens with zero attached hydrogens (tertiary/aromatic N) is 4. The monoisotopic (exact) mass is 369 g/mol. The van der Waals surface area contributed by atoms with Crippen LogP contribution in [0.3, 0.4) is 0 Å². The van der Waals surface area contributed by atoms with Crippen molar-refractivity contribution in [3.63, 3.8) is 0 Å². The minimum Gasteiger partial charge on any atom is -0.370 e. The summed E-state index contributed by atoms with van der Waals surface area (Å²) in [6.07, 6.45) is 9.79. The highest BCUT2D eigenvalue weighted by Gasteiger charge is 2.19. The third kappa shape index (κ3) is 3.99.